The number of aromatic nitrogens is 4. The Labute approximate surface area is 796 Å². The third kappa shape index (κ3) is 14.3. The first-order valence-electron chi connectivity index (χ1n) is 46.7. The topological polar surface area (TPSA) is 99.1 Å². The number of para-hydroxylation sites is 2. The molecule has 138 heavy (non-hydrogen) atoms. The Kier molecular flexibility index (Phi) is 20.3. The Balaban J connectivity index is 0.000000111. The lowest BCUT2D eigenvalue weighted by atomic mass is 9.88. The van der Waals surface area contributed by atoms with Crippen molar-refractivity contribution in [3.05, 3.63) is 496 Å². The van der Waals surface area contributed by atoms with Crippen LogP contribution in [0.5, 0.6) is 0 Å². The third-order valence-electron chi connectivity index (χ3n) is 27.6. The summed E-state index contributed by atoms with van der Waals surface area (Å²) in [5.41, 5.74) is 28.3. The number of hydrogen-bond donors (Lipinski definition) is 0. The van der Waals surface area contributed by atoms with Crippen molar-refractivity contribution < 1.29 is 0 Å². The molecule has 27 rings (SSSR count). The number of nitrogens with zero attached hydrogens (tertiary/aromatic N) is 6. The molecule has 0 aliphatic rings. The minimum Gasteiger partial charge on any atom is -0.248 e. The van der Waals surface area contributed by atoms with Crippen molar-refractivity contribution in [2.24, 2.45) is 0 Å². The summed E-state index contributed by atoms with van der Waals surface area (Å²) in [5.74, 6) is 0. The number of benzene rings is 23. The van der Waals surface area contributed by atoms with E-state index >= 15 is 0 Å². The van der Waals surface area contributed by atoms with E-state index < -0.39 is 0 Å². The minimum absolute atomic E-state index is 0.616. The molecule has 0 radical (unpaired) electrons. The van der Waals surface area contributed by atoms with Crippen LogP contribution >= 0.6 is 0 Å². The highest BCUT2D eigenvalue weighted by atomic mass is 14.7. The zero-order valence-electron chi connectivity index (χ0n) is 74.9. The normalized spacial score (nSPS) is 11.5. The highest BCUT2D eigenvalue weighted by Crippen LogP contribution is 2.50. The summed E-state index contributed by atoms with van der Waals surface area (Å²) in [6.07, 6.45) is 0. The van der Waals surface area contributed by atoms with Crippen molar-refractivity contribution >= 4 is 151 Å². The van der Waals surface area contributed by atoms with E-state index in [1.54, 1.807) is 0 Å². The maximum atomic E-state index is 9.96. The molecule has 6 nitrogen and oxygen atoms in total. The highest BCUT2D eigenvalue weighted by Gasteiger charge is 2.25. The number of fused-ring (bicyclic) bond motifs is 17. The summed E-state index contributed by atoms with van der Waals surface area (Å²) in [6, 6.07) is 176. The Morgan fingerprint density at radius 2 is 0.391 bits per heavy atom. The van der Waals surface area contributed by atoms with Crippen LogP contribution in [0.3, 0.4) is 0 Å². The molecule has 638 valence electrons. The lowest BCUT2D eigenvalue weighted by Gasteiger charge is -2.18. The fourth-order valence-electron chi connectivity index (χ4n) is 21.2. The lowest BCUT2D eigenvalue weighted by molar-refractivity contribution is 1.39. The van der Waals surface area contributed by atoms with Gasteiger partial charge in [-0.3, -0.25) is 0 Å². The molecule has 0 atom stereocenters. The molecule has 0 aliphatic heterocycles. The average Bonchev–Trinajstić information content (AvgIpc) is 0.734. The van der Waals surface area contributed by atoms with Gasteiger partial charge in [0.2, 0.25) is 0 Å². The monoisotopic (exact) mass is 1750 g/mol. The first-order chi connectivity index (χ1) is 68.4. The highest BCUT2D eigenvalue weighted by molar-refractivity contribution is 6.24. The minimum atomic E-state index is 0.616. The summed E-state index contributed by atoms with van der Waals surface area (Å²) in [5, 5.41) is 46.5. The number of rotatable bonds is 10. The zero-order valence-corrected chi connectivity index (χ0v) is 74.9. The van der Waals surface area contributed by atoms with Crippen molar-refractivity contribution in [3.63, 3.8) is 0 Å². The van der Waals surface area contributed by atoms with Crippen LogP contribution in [0, 0.1) is 22.7 Å². The number of hydrogen-bond acceptors (Lipinski definition) is 6. The maximum absolute atomic E-state index is 9.96. The number of pyridine rings is 4. The van der Waals surface area contributed by atoms with Crippen molar-refractivity contribution in [3.8, 4) is 124 Å². The Bertz CT molecular complexity index is 9680. The van der Waals surface area contributed by atoms with Gasteiger partial charge in [-0.25, -0.2) is 19.9 Å². The van der Waals surface area contributed by atoms with Crippen LogP contribution in [0.15, 0.2) is 485 Å². The second-order valence-electron chi connectivity index (χ2n) is 35.4. The Hall–Kier alpha value is -18.7. The second kappa shape index (κ2) is 34.5. The van der Waals surface area contributed by atoms with Crippen LogP contribution in [0.2, 0.25) is 0 Å². The van der Waals surface area contributed by atoms with E-state index in [4.69, 9.17) is 19.9 Å². The Morgan fingerprint density at radius 1 is 0.152 bits per heavy atom. The van der Waals surface area contributed by atoms with Gasteiger partial charge in [0.25, 0.3) is 0 Å². The van der Waals surface area contributed by atoms with Gasteiger partial charge in [0.15, 0.2) is 0 Å². The zero-order chi connectivity index (χ0) is 91.7. The van der Waals surface area contributed by atoms with E-state index in [1.807, 2.05) is 48.5 Å². The van der Waals surface area contributed by atoms with E-state index in [0.717, 1.165) is 132 Å². The molecule has 0 saturated carbocycles. The van der Waals surface area contributed by atoms with Gasteiger partial charge in [-0.15, -0.1) is 0 Å². The van der Waals surface area contributed by atoms with E-state index in [1.165, 1.54) is 131 Å². The van der Waals surface area contributed by atoms with E-state index in [9.17, 15) is 10.5 Å². The van der Waals surface area contributed by atoms with Gasteiger partial charge >= 0.3 is 0 Å². The quantitative estimate of drug-likeness (QED) is 0.0999. The van der Waals surface area contributed by atoms with Crippen molar-refractivity contribution in [2.75, 3.05) is 0 Å². The summed E-state index contributed by atoms with van der Waals surface area (Å²) >= 11 is 0. The van der Waals surface area contributed by atoms with Gasteiger partial charge in [0.05, 0.1) is 67.9 Å². The van der Waals surface area contributed by atoms with Gasteiger partial charge in [-0.1, -0.05) is 419 Å². The predicted molar refractivity (Wildman–Crippen MR) is 579 cm³/mol. The number of nitriles is 2. The molecule has 0 amide bonds. The Morgan fingerprint density at radius 3 is 0.717 bits per heavy atom. The van der Waals surface area contributed by atoms with Crippen molar-refractivity contribution in [2.45, 2.75) is 0 Å². The average molecular weight is 1750 g/mol. The molecular formula is C132H80N6. The molecule has 4 aromatic heterocycles. The molecule has 0 bridgehead atoms. The smallest absolute Gasteiger partial charge is 0.0998 e. The van der Waals surface area contributed by atoms with Crippen LogP contribution in [0.4, 0.5) is 0 Å². The lowest BCUT2D eigenvalue weighted by Crippen LogP contribution is -1.95. The van der Waals surface area contributed by atoms with Gasteiger partial charge in [-0.05, 0) is 220 Å². The van der Waals surface area contributed by atoms with Crippen LogP contribution in [-0.4, -0.2) is 19.9 Å². The molecule has 4 heterocycles. The fourth-order valence-corrected chi connectivity index (χ4v) is 21.2. The standard InChI is InChI=1S/C52H32N2.2C40H24N2/c1-3-17-37-33(13-1)15-11-23-39(37)45-31-47-46(40-24-12-16-34-14-2-4-18-38(34)40)32-50(54-52(47)42-20-6-5-19-41(42)45)35-27-29-36(30-28-35)51-43-21-7-9-25-48(43)53-49-26-10-8-22-44(49)51;41-25-28-13-3-6-18-31(28)39-24-37(33-22-10-15-27-12-2-5-17-30(27)33)38-23-36(34-19-7-8-20-35(34)40(38)42-39)32-21-9-14-26-11-1-4-16-29(26)32;41-25-26-19-21-29(22-20-26)39-24-37(33-18-8-12-28-10-2-4-14-31(28)33)38-23-36(34-15-5-6-16-35(34)40(38)42-39)32-17-7-11-27-9-1-3-13-30(27)32/h1-32H;2*1-24H. The molecule has 0 aliphatic carbocycles. The van der Waals surface area contributed by atoms with Crippen LogP contribution in [-0.2, 0) is 0 Å². The maximum Gasteiger partial charge on any atom is 0.0998 e. The van der Waals surface area contributed by atoms with E-state index in [0.29, 0.717) is 11.1 Å². The van der Waals surface area contributed by atoms with E-state index in [-0.39, 0.29) is 0 Å². The fraction of sp³-hybridized carbons (Fsp3) is 0. The molecule has 0 N–H and O–H groups in total. The molecule has 0 fully saturated rings. The summed E-state index contributed by atoms with van der Waals surface area (Å²) < 4.78 is 0. The molecule has 0 spiro atoms. The summed E-state index contributed by atoms with van der Waals surface area (Å²) in [6.45, 7) is 0. The first kappa shape index (κ1) is 81.3. The van der Waals surface area contributed by atoms with Gasteiger partial charge in [-0.2, -0.15) is 10.5 Å². The molecular weight excluding hydrogens is 1670 g/mol. The second-order valence-corrected chi connectivity index (χ2v) is 35.4. The van der Waals surface area contributed by atoms with Crippen LogP contribution in [0.1, 0.15) is 11.1 Å². The first-order valence-corrected chi connectivity index (χ1v) is 46.7. The van der Waals surface area contributed by atoms with Crippen molar-refractivity contribution in [1.82, 2.24) is 19.9 Å². The predicted octanol–water partition coefficient (Wildman–Crippen LogP) is 35.2. The SMILES string of the molecule is N#Cc1ccc(-c2cc(-c3cccc4ccccc34)c3cc(-c4cccc5ccccc45)c4ccccc4c3n2)cc1.N#Cc1ccccc1-c1cc(-c2cccc3ccccc23)c2cc(-c3cccc4ccccc34)c3ccccc3c2n1.c1ccc2c(-c3cc4c(-c5cccc6ccccc56)cc(-c5ccc(-c6c7ccccc7nc7ccccc67)cc5)nc4c4ccccc34)cccc2c1. The van der Waals surface area contributed by atoms with Gasteiger partial charge in [0, 0.05) is 65.3 Å². The molecule has 0 saturated heterocycles. The van der Waals surface area contributed by atoms with Crippen LogP contribution < -0.4 is 0 Å². The van der Waals surface area contributed by atoms with Crippen LogP contribution in [0.25, 0.3) is 263 Å². The largest absolute Gasteiger partial charge is 0.248 e. The van der Waals surface area contributed by atoms with Gasteiger partial charge < -0.3 is 0 Å². The summed E-state index contributed by atoms with van der Waals surface area (Å²) in [4.78, 5) is 21.1. The molecule has 27 aromatic rings. The summed E-state index contributed by atoms with van der Waals surface area (Å²) in [7, 11) is 0. The molecule has 23 aromatic carbocycles. The van der Waals surface area contributed by atoms with E-state index in [2.05, 4.69) is 449 Å². The van der Waals surface area contributed by atoms with Gasteiger partial charge in [0.1, 0.15) is 0 Å². The molecule has 6 heteroatoms. The molecule has 0 unspecified atom stereocenters. The third-order valence-corrected chi connectivity index (χ3v) is 27.6. The van der Waals surface area contributed by atoms with Crippen molar-refractivity contribution in [1.29, 1.82) is 10.5 Å².